The molecule has 1 amide bonds. The van der Waals surface area contributed by atoms with E-state index in [1.54, 1.807) is 19.1 Å². The molecule has 19 heavy (non-hydrogen) atoms. The van der Waals surface area contributed by atoms with E-state index in [0.29, 0.717) is 16.9 Å². The highest BCUT2D eigenvalue weighted by Crippen LogP contribution is 2.28. The molecule has 0 aliphatic carbocycles. The molecule has 0 saturated carbocycles. The topological polar surface area (TPSA) is 106 Å². The average Bonchev–Trinajstić information content (AvgIpc) is 2.87. The van der Waals surface area contributed by atoms with Crippen molar-refractivity contribution in [2.45, 2.75) is 6.92 Å². The van der Waals surface area contributed by atoms with E-state index in [0.717, 1.165) is 0 Å². The van der Waals surface area contributed by atoms with E-state index in [4.69, 9.17) is 9.62 Å². The third-order valence-corrected chi connectivity index (χ3v) is 2.62. The van der Waals surface area contributed by atoms with Crippen LogP contribution in [0.25, 0.3) is 11.3 Å². The Labute approximate surface area is 107 Å². The largest absolute Gasteiger partial charge is 0.451 e. The highest BCUT2D eigenvalue weighted by atomic mass is 16.6. The Morgan fingerprint density at radius 1 is 1.37 bits per heavy atom. The molecule has 2 rings (SSSR count). The van der Waals surface area contributed by atoms with Gasteiger partial charge in [0.15, 0.2) is 5.76 Å². The summed E-state index contributed by atoms with van der Waals surface area (Å²) in [6, 6.07) is 7.49. The van der Waals surface area contributed by atoms with Crippen molar-refractivity contribution < 1.29 is 19.3 Å². The van der Waals surface area contributed by atoms with Gasteiger partial charge in [-0.1, -0.05) is 12.1 Å². The van der Waals surface area contributed by atoms with Gasteiger partial charge in [0, 0.05) is 17.2 Å². The summed E-state index contributed by atoms with van der Waals surface area (Å²) in [5.74, 6) is -0.560. The number of benzene rings is 1. The average molecular weight is 262 g/mol. The molecule has 0 radical (unpaired) electrons. The zero-order valence-electron chi connectivity index (χ0n) is 9.91. The van der Waals surface area contributed by atoms with Crippen LogP contribution in [-0.2, 0) is 0 Å². The zero-order valence-corrected chi connectivity index (χ0v) is 9.91. The van der Waals surface area contributed by atoms with Crippen LogP contribution in [0.3, 0.4) is 0 Å². The minimum Gasteiger partial charge on any atom is -0.451 e. The predicted molar refractivity (Wildman–Crippen MR) is 64.8 cm³/mol. The first-order valence-corrected chi connectivity index (χ1v) is 5.32. The van der Waals surface area contributed by atoms with Gasteiger partial charge in [-0.15, -0.1) is 0 Å². The Morgan fingerprint density at radius 3 is 2.74 bits per heavy atom. The van der Waals surface area contributed by atoms with E-state index in [1.807, 2.05) is 0 Å². The molecule has 0 fully saturated rings. The first-order chi connectivity index (χ1) is 9.02. The number of hydrogen-bond acceptors (Lipinski definition) is 5. The molecule has 0 aliphatic heterocycles. The van der Waals surface area contributed by atoms with E-state index < -0.39 is 10.8 Å². The third kappa shape index (κ3) is 2.45. The molecule has 1 aromatic carbocycles. The number of nitro groups is 1. The summed E-state index contributed by atoms with van der Waals surface area (Å²) in [5.41, 5.74) is 2.43. The van der Waals surface area contributed by atoms with Gasteiger partial charge in [-0.3, -0.25) is 20.1 Å². The fraction of sp³-hybridized carbons (Fsp3) is 0.0833. The number of rotatable bonds is 3. The number of amides is 1. The predicted octanol–water partition coefficient (Wildman–Crippen LogP) is 2.28. The van der Waals surface area contributed by atoms with Crippen LogP contribution in [0.1, 0.15) is 16.1 Å². The number of carbonyl (C=O) groups excluding carboxylic acids is 1. The highest BCUT2D eigenvalue weighted by Gasteiger charge is 2.15. The molecule has 0 unspecified atom stereocenters. The second-order valence-corrected chi connectivity index (χ2v) is 3.86. The summed E-state index contributed by atoms with van der Waals surface area (Å²) in [7, 11) is 0. The minimum atomic E-state index is -0.784. The van der Waals surface area contributed by atoms with Gasteiger partial charge < -0.3 is 4.42 Å². The minimum absolute atomic E-state index is 0.0259. The van der Waals surface area contributed by atoms with Crippen LogP contribution < -0.4 is 5.48 Å². The van der Waals surface area contributed by atoms with Crippen molar-refractivity contribution in [2.24, 2.45) is 0 Å². The van der Waals surface area contributed by atoms with Crippen LogP contribution in [0, 0.1) is 17.0 Å². The SMILES string of the molecule is Cc1ccc(-c2ccc(C(=O)NO)o2)cc1[N+](=O)[O-]. The molecular weight excluding hydrogens is 252 g/mol. The van der Waals surface area contributed by atoms with Gasteiger partial charge in [-0.25, -0.2) is 5.48 Å². The van der Waals surface area contributed by atoms with Gasteiger partial charge in [-0.05, 0) is 19.1 Å². The summed E-state index contributed by atoms with van der Waals surface area (Å²) < 4.78 is 5.20. The molecule has 0 bridgehead atoms. The van der Waals surface area contributed by atoms with E-state index in [9.17, 15) is 14.9 Å². The van der Waals surface area contributed by atoms with E-state index in [2.05, 4.69) is 0 Å². The second-order valence-electron chi connectivity index (χ2n) is 3.86. The van der Waals surface area contributed by atoms with Crippen molar-refractivity contribution in [3.63, 3.8) is 0 Å². The summed E-state index contributed by atoms with van der Waals surface area (Å²) in [5, 5.41) is 19.3. The van der Waals surface area contributed by atoms with Crippen molar-refractivity contribution in [1.29, 1.82) is 0 Å². The van der Waals surface area contributed by atoms with Crippen molar-refractivity contribution in [3.05, 3.63) is 51.8 Å². The number of aryl methyl sites for hydroxylation is 1. The molecule has 0 atom stereocenters. The van der Waals surface area contributed by atoms with Crippen LogP contribution in [-0.4, -0.2) is 16.0 Å². The molecule has 0 saturated heterocycles. The van der Waals surface area contributed by atoms with Gasteiger partial charge in [0.2, 0.25) is 0 Å². The quantitative estimate of drug-likeness (QED) is 0.501. The highest BCUT2D eigenvalue weighted by molar-refractivity contribution is 5.91. The summed E-state index contributed by atoms with van der Waals surface area (Å²) >= 11 is 0. The maximum atomic E-state index is 11.1. The number of hydroxylamine groups is 1. The van der Waals surface area contributed by atoms with Crippen molar-refractivity contribution >= 4 is 11.6 Å². The number of nitro benzene ring substituents is 1. The Kier molecular flexibility index (Phi) is 3.30. The molecular formula is C12H10N2O5. The Bertz CT molecular complexity index is 647. The lowest BCUT2D eigenvalue weighted by Gasteiger charge is -2.00. The molecule has 98 valence electrons. The zero-order chi connectivity index (χ0) is 14.0. The first kappa shape index (κ1) is 12.8. The molecule has 0 aliphatic rings. The molecule has 7 nitrogen and oxygen atoms in total. The molecule has 2 aromatic rings. The molecule has 7 heteroatoms. The number of carbonyl (C=O) groups is 1. The smallest absolute Gasteiger partial charge is 0.310 e. The first-order valence-electron chi connectivity index (χ1n) is 5.32. The van der Waals surface area contributed by atoms with Crippen molar-refractivity contribution in [1.82, 2.24) is 5.48 Å². The van der Waals surface area contributed by atoms with E-state index in [1.165, 1.54) is 23.7 Å². The molecule has 2 N–H and O–H groups in total. The van der Waals surface area contributed by atoms with Crippen molar-refractivity contribution in [3.8, 4) is 11.3 Å². The lowest BCUT2D eigenvalue weighted by molar-refractivity contribution is -0.385. The van der Waals surface area contributed by atoms with Crippen molar-refractivity contribution in [2.75, 3.05) is 0 Å². The Hall–Kier alpha value is -2.67. The Balaban J connectivity index is 2.42. The fourth-order valence-electron chi connectivity index (χ4n) is 1.63. The normalized spacial score (nSPS) is 10.2. The number of furan rings is 1. The summed E-state index contributed by atoms with van der Waals surface area (Å²) in [6.45, 7) is 1.63. The number of hydrogen-bond donors (Lipinski definition) is 2. The maximum absolute atomic E-state index is 11.1. The molecule has 0 spiro atoms. The van der Waals surface area contributed by atoms with Gasteiger partial charge >= 0.3 is 5.91 Å². The third-order valence-electron chi connectivity index (χ3n) is 2.62. The van der Waals surface area contributed by atoms with Crippen LogP contribution >= 0.6 is 0 Å². The maximum Gasteiger partial charge on any atom is 0.310 e. The van der Waals surface area contributed by atoms with Gasteiger partial charge in [-0.2, -0.15) is 0 Å². The summed E-state index contributed by atoms with van der Waals surface area (Å²) in [6.07, 6.45) is 0. The number of nitrogens with zero attached hydrogens (tertiary/aromatic N) is 1. The second kappa shape index (κ2) is 4.91. The fourth-order valence-corrected chi connectivity index (χ4v) is 1.63. The van der Waals surface area contributed by atoms with Crippen LogP contribution in [0.2, 0.25) is 0 Å². The van der Waals surface area contributed by atoms with E-state index in [-0.39, 0.29) is 11.4 Å². The lowest BCUT2D eigenvalue weighted by atomic mass is 10.1. The lowest BCUT2D eigenvalue weighted by Crippen LogP contribution is -2.17. The molecule has 1 aromatic heterocycles. The van der Waals surface area contributed by atoms with Crippen LogP contribution in [0.4, 0.5) is 5.69 Å². The van der Waals surface area contributed by atoms with E-state index >= 15 is 0 Å². The monoisotopic (exact) mass is 262 g/mol. The van der Waals surface area contributed by atoms with Gasteiger partial charge in [0.1, 0.15) is 5.76 Å². The Morgan fingerprint density at radius 2 is 2.11 bits per heavy atom. The van der Waals surface area contributed by atoms with Crippen LogP contribution in [0.15, 0.2) is 34.7 Å². The standard InChI is InChI=1S/C12H10N2O5/c1-7-2-3-8(6-9(7)14(17)18)10-4-5-11(19-10)12(15)13-16/h2-6,16H,1H3,(H,13,15). The van der Waals surface area contributed by atoms with Crippen LogP contribution in [0.5, 0.6) is 0 Å². The summed E-state index contributed by atoms with van der Waals surface area (Å²) in [4.78, 5) is 21.5. The molecule has 1 heterocycles. The number of nitrogens with one attached hydrogen (secondary N) is 1. The van der Waals surface area contributed by atoms with Gasteiger partial charge in [0.05, 0.1) is 4.92 Å². The van der Waals surface area contributed by atoms with Gasteiger partial charge in [0.25, 0.3) is 5.69 Å².